The number of nitrogens with zero attached hydrogens (tertiary/aromatic N) is 2. The number of ether oxygens (including phenoxy) is 2. The molecule has 0 saturated carbocycles. The summed E-state index contributed by atoms with van der Waals surface area (Å²) in [6.07, 6.45) is -1.65. The first-order valence-corrected chi connectivity index (χ1v) is 13.6. The molecule has 1 aromatic heterocycles. The van der Waals surface area contributed by atoms with Crippen LogP contribution >= 0.6 is 0 Å². The minimum Gasteiger partial charge on any atom is -0.485 e. The summed E-state index contributed by atoms with van der Waals surface area (Å²) in [5, 5.41) is 9.28. The molecule has 3 atom stereocenters. The molecule has 2 aliphatic heterocycles. The SMILES string of the molecule is COc1cc(-c2ccc(C3CCc4ccc(CC(C)C(=O)O)cc4O3)cc2CN2CCC(C(F)(F)F)C2)c(F)cn1. The Hall–Kier alpha value is -3.66. The van der Waals surface area contributed by atoms with E-state index in [0.717, 1.165) is 29.3 Å². The fraction of sp³-hybridized carbons (Fsp3) is 0.419. The molecular weight excluding hydrogens is 540 g/mol. The summed E-state index contributed by atoms with van der Waals surface area (Å²) in [6, 6.07) is 12.8. The van der Waals surface area contributed by atoms with Gasteiger partial charge in [0.25, 0.3) is 0 Å². The van der Waals surface area contributed by atoms with Gasteiger partial charge in [0.15, 0.2) is 0 Å². The summed E-state index contributed by atoms with van der Waals surface area (Å²) < 4.78 is 66.7. The molecule has 2 aliphatic rings. The molecule has 2 aromatic carbocycles. The van der Waals surface area contributed by atoms with Gasteiger partial charge >= 0.3 is 12.1 Å². The zero-order valence-corrected chi connectivity index (χ0v) is 22.9. The van der Waals surface area contributed by atoms with Crippen LogP contribution in [0.4, 0.5) is 17.6 Å². The molecule has 6 nitrogen and oxygen atoms in total. The molecule has 0 radical (unpaired) electrons. The van der Waals surface area contributed by atoms with Gasteiger partial charge in [-0.3, -0.25) is 9.69 Å². The van der Waals surface area contributed by atoms with Crippen LogP contribution in [0, 0.1) is 17.7 Å². The van der Waals surface area contributed by atoms with Crippen molar-refractivity contribution in [2.75, 3.05) is 20.2 Å². The van der Waals surface area contributed by atoms with E-state index in [9.17, 15) is 27.5 Å². The number of methoxy groups -OCH3 is 1. The highest BCUT2D eigenvalue weighted by atomic mass is 19.4. The third-order valence-electron chi connectivity index (χ3n) is 8.00. The number of likely N-dealkylation sites (tertiary alicyclic amines) is 1. The van der Waals surface area contributed by atoms with E-state index >= 15 is 0 Å². The van der Waals surface area contributed by atoms with Crippen molar-refractivity contribution in [1.29, 1.82) is 0 Å². The number of hydrogen-bond donors (Lipinski definition) is 1. The van der Waals surface area contributed by atoms with E-state index in [2.05, 4.69) is 4.98 Å². The van der Waals surface area contributed by atoms with Crippen LogP contribution in [0.5, 0.6) is 11.6 Å². The standard InChI is InChI=1S/C31H32F4N2O4/c1-18(30(38)39)11-19-3-4-20-6-8-27(41-28(20)12-19)21-5-7-24(25-14-29(40-2)36-15-26(25)32)22(13-21)16-37-10-9-23(17-37)31(33,34)35/h3-5,7,12-15,18,23,27H,6,8-11,16-17H2,1-2H3,(H,38,39). The molecule has 3 unspecified atom stereocenters. The van der Waals surface area contributed by atoms with E-state index in [4.69, 9.17) is 9.47 Å². The number of carboxylic acids is 1. The monoisotopic (exact) mass is 572 g/mol. The lowest BCUT2D eigenvalue weighted by atomic mass is 9.91. The maximum absolute atomic E-state index is 15.0. The van der Waals surface area contributed by atoms with Crippen molar-refractivity contribution in [2.24, 2.45) is 11.8 Å². The minimum atomic E-state index is -4.26. The summed E-state index contributed by atoms with van der Waals surface area (Å²) in [5.41, 5.74) is 4.25. The topological polar surface area (TPSA) is 71.9 Å². The molecule has 0 amide bonds. The van der Waals surface area contributed by atoms with Gasteiger partial charge in [-0.05, 0) is 66.1 Å². The van der Waals surface area contributed by atoms with Crippen molar-refractivity contribution < 1.29 is 36.9 Å². The Bertz CT molecular complexity index is 1430. The van der Waals surface area contributed by atoms with Crippen LogP contribution in [0.1, 0.15) is 48.1 Å². The summed E-state index contributed by atoms with van der Waals surface area (Å²) in [5.74, 6) is -2.41. The van der Waals surface area contributed by atoms with Crippen LogP contribution in [0.3, 0.4) is 0 Å². The first-order valence-electron chi connectivity index (χ1n) is 13.6. The van der Waals surface area contributed by atoms with Gasteiger partial charge in [-0.1, -0.05) is 37.3 Å². The van der Waals surface area contributed by atoms with Gasteiger partial charge in [0.2, 0.25) is 5.88 Å². The van der Waals surface area contributed by atoms with Crippen molar-refractivity contribution in [1.82, 2.24) is 9.88 Å². The van der Waals surface area contributed by atoms with Crippen LogP contribution in [0.25, 0.3) is 11.1 Å². The van der Waals surface area contributed by atoms with Crippen molar-refractivity contribution in [3.8, 4) is 22.8 Å². The molecular formula is C31H32F4N2O4. The molecule has 3 aromatic rings. The number of aryl methyl sites for hydroxylation is 1. The minimum absolute atomic E-state index is 0.0291. The second-order valence-electron chi connectivity index (χ2n) is 10.9. The van der Waals surface area contributed by atoms with E-state index < -0.39 is 29.8 Å². The van der Waals surface area contributed by atoms with E-state index in [1.54, 1.807) is 17.9 Å². The molecule has 0 bridgehead atoms. The third kappa shape index (κ3) is 6.48. The normalized spacial score (nSPS) is 19.9. The molecule has 10 heteroatoms. The highest BCUT2D eigenvalue weighted by Crippen LogP contribution is 2.39. The molecule has 5 rings (SSSR count). The molecule has 0 spiro atoms. The van der Waals surface area contributed by atoms with Gasteiger partial charge in [-0.15, -0.1) is 0 Å². The fourth-order valence-corrected chi connectivity index (χ4v) is 5.65. The highest BCUT2D eigenvalue weighted by Gasteiger charge is 2.43. The van der Waals surface area contributed by atoms with Gasteiger partial charge < -0.3 is 14.6 Å². The largest absolute Gasteiger partial charge is 0.485 e. The van der Waals surface area contributed by atoms with Gasteiger partial charge in [-0.2, -0.15) is 13.2 Å². The Morgan fingerprint density at radius 1 is 1.17 bits per heavy atom. The number of hydrogen-bond acceptors (Lipinski definition) is 5. The average molecular weight is 573 g/mol. The summed E-state index contributed by atoms with van der Waals surface area (Å²) in [7, 11) is 1.43. The maximum Gasteiger partial charge on any atom is 0.393 e. The number of rotatable bonds is 8. The smallest absolute Gasteiger partial charge is 0.393 e. The number of halogens is 4. The lowest BCUT2D eigenvalue weighted by Crippen LogP contribution is -2.27. The van der Waals surface area contributed by atoms with Crippen molar-refractivity contribution in [3.05, 3.63) is 76.7 Å². The first kappa shape index (κ1) is 28.9. The number of carboxylic acid groups (broad SMARTS) is 1. The number of carbonyl (C=O) groups is 1. The number of benzene rings is 2. The molecule has 1 saturated heterocycles. The Labute approximate surface area is 235 Å². The van der Waals surface area contributed by atoms with Crippen LogP contribution < -0.4 is 9.47 Å². The molecule has 1 fully saturated rings. The Kier molecular flexibility index (Phi) is 8.22. The van der Waals surface area contributed by atoms with Crippen molar-refractivity contribution in [2.45, 2.75) is 51.4 Å². The van der Waals surface area contributed by atoms with Gasteiger partial charge in [0, 0.05) is 24.7 Å². The quantitative estimate of drug-likeness (QED) is 0.307. The average Bonchev–Trinajstić information content (AvgIpc) is 3.42. The lowest BCUT2D eigenvalue weighted by molar-refractivity contribution is -0.170. The maximum atomic E-state index is 15.0. The third-order valence-corrected chi connectivity index (χ3v) is 8.00. The van der Waals surface area contributed by atoms with Crippen LogP contribution in [-0.2, 0) is 24.2 Å². The van der Waals surface area contributed by atoms with Crippen LogP contribution in [0.15, 0.2) is 48.7 Å². The van der Waals surface area contributed by atoms with Gasteiger partial charge in [-0.25, -0.2) is 9.37 Å². The highest BCUT2D eigenvalue weighted by molar-refractivity contribution is 5.70. The molecule has 41 heavy (non-hydrogen) atoms. The molecule has 3 heterocycles. The zero-order chi connectivity index (χ0) is 29.3. The zero-order valence-electron chi connectivity index (χ0n) is 22.9. The van der Waals surface area contributed by atoms with Crippen LogP contribution in [-0.4, -0.2) is 47.3 Å². The predicted molar refractivity (Wildman–Crippen MR) is 144 cm³/mol. The number of aromatic nitrogens is 1. The molecule has 218 valence electrons. The summed E-state index contributed by atoms with van der Waals surface area (Å²) in [4.78, 5) is 17.0. The lowest BCUT2D eigenvalue weighted by Gasteiger charge is -2.28. The molecule has 0 aliphatic carbocycles. The Morgan fingerprint density at radius 2 is 1.98 bits per heavy atom. The number of pyridine rings is 1. The predicted octanol–water partition coefficient (Wildman–Crippen LogP) is 6.61. The number of fused-ring (bicyclic) bond motifs is 1. The van der Waals surface area contributed by atoms with E-state index in [1.807, 2.05) is 30.3 Å². The number of alkyl halides is 3. The second kappa shape index (κ2) is 11.7. The Balaban J connectivity index is 1.45. The van der Waals surface area contributed by atoms with E-state index in [1.165, 1.54) is 13.2 Å². The number of aliphatic carboxylic acids is 1. The van der Waals surface area contributed by atoms with Crippen LogP contribution in [0.2, 0.25) is 0 Å². The summed E-state index contributed by atoms with van der Waals surface area (Å²) >= 11 is 0. The fourth-order valence-electron chi connectivity index (χ4n) is 5.65. The molecule has 1 N–H and O–H groups in total. The van der Waals surface area contributed by atoms with Crippen molar-refractivity contribution >= 4 is 5.97 Å². The summed E-state index contributed by atoms with van der Waals surface area (Å²) in [6.45, 7) is 2.06. The Morgan fingerprint density at radius 3 is 2.68 bits per heavy atom. The van der Waals surface area contributed by atoms with Gasteiger partial charge in [0.05, 0.1) is 25.1 Å². The van der Waals surface area contributed by atoms with Gasteiger partial charge in [0.1, 0.15) is 17.7 Å². The second-order valence-corrected chi connectivity index (χ2v) is 10.9. The van der Waals surface area contributed by atoms with E-state index in [-0.39, 0.29) is 37.1 Å². The van der Waals surface area contributed by atoms with E-state index in [0.29, 0.717) is 36.3 Å². The van der Waals surface area contributed by atoms with Crippen molar-refractivity contribution in [3.63, 3.8) is 0 Å². The first-order chi connectivity index (χ1) is 19.5.